The molecule has 1 aromatic carbocycles. The summed E-state index contributed by atoms with van der Waals surface area (Å²) < 4.78 is 5.14. The molecule has 0 aliphatic carbocycles. The van der Waals surface area contributed by atoms with Gasteiger partial charge in [0.15, 0.2) is 5.13 Å². The number of benzene rings is 1. The topological polar surface area (TPSA) is 63.2 Å². The van der Waals surface area contributed by atoms with Crippen LogP contribution in [0.25, 0.3) is 0 Å². The molecule has 1 aliphatic rings. The third kappa shape index (κ3) is 3.83. The fourth-order valence-electron chi connectivity index (χ4n) is 2.61. The molecule has 7 heteroatoms. The summed E-state index contributed by atoms with van der Waals surface area (Å²) in [5, 5.41) is 7.30. The molecular weight excluding hydrogens is 334 g/mol. The van der Waals surface area contributed by atoms with E-state index in [4.69, 9.17) is 16.3 Å². The van der Waals surface area contributed by atoms with Crippen molar-refractivity contribution >= 4 is 34.0 Å². The van der Waals surface area contributed by atoms with Gasteiger partial charge in [0, 0.05) is 16.6 Å². The molecule has 1 fully saturated rings. The van der Waals surface area contributed by atoms with Crippen LogP contribution in [-0.4, -0.2) is 31.1 Å². The number of anilines is 1. The van der Waals surface area contributed by atoms with E-state index in [1.54, 1.807) is 29.5 Å². The Balaban J connectivity index is 1.69. The standard InChI is InChI=1S/C16H18ClN3O2S/c1-22-13-8-11(2-3-12(13)17)15(21)20-16-19-9-14(23-16)10-4-6-18-7-5-10/h2-3,8-10,18H,4-7H2,1H3,(H,19,20,21). The third-order valence-corrected chi connectivity index (χ3v) is 5.29. The minimum Gasteiger partial charge on any atom is -0.495 e. The highest BCUT2D eigenvalue weighted by molar-refractivity contribution is 7.15. The van der Waals surface area contributed by atoms with Crippen LogP contribution < -0.4 is 15.4 Å². The average Bonchev–Trinajstić information content (AvgIpc) is 3.04. The smallest absolute Gasteiger partial charge is 0.257 e. The van der Waals surface area contributed by atoms with E-state index >= 15 is 0 Å². The van der Waals surface area contributed by atoms with Crippen LogP contribution in [0.5, 0.6) is 5.75 Å². The number of methoxy groups -OCH3 is 1. The number of amides is 1. The van der Waals surface area contributed by atoms with Gasteiger partial charge in [-0.3, -0.25) is 10.1 Å². The molecule has 122 valence electrons. The second-order valence-electron chi connectivity index (χ2n) is 5.40. The van der Waals surface area contributed by atoms with Crippen LogP contribution in [0.1, 0.15) is 34.0 Å². The highest BCUT2D eigenvalue weighted by Crippen LogP contribution is 2.32. The lowest BCUT2D eigenvalue weighted by atomic mass is 9.97. The summed E-state index contributed by atoms with van der Waals surface area (Å²) in [6.45, 7) is 2.07. The first-order chi connectivity index (χ1) is 11.2. The maximum Gasteiger partial charge on any atom is 0.257 e. The van der Waals surface area contributed by atoms with Gasteiger partial charge in [-0.15, -0.1) is 11.3 Å². The van der Waals surface area contributed by atoms with Crippen LogP contribution in [0.4, 0.5) is 5.13 Å². The van der Waals surface area contributed by atoms with Gasteiger partial charge in [-0.25, -0.2) is 4.98 Å². The number of aromatic nitrogens is 1. The van der Waals surface area contributed by atoms with Crippen LogP contribution in [-0.2, 0) is 0 Å². The number of halogens is 1. The van der Waals surface area contributed by atoms with Crippen LogP contribution in [0, 0.1) is 0 Å². The van der Waals surface area contributed by atoms with Gasteiger partial charge in [-0.05, 0) is 50.0 Å². The Morgan fingerprint density at radius 3 is 2.96 bits per heavy atom. The number of piperidine rings is 1. The zero-order chi connectivity index (χ0) is 16.2. The first-order valence-corrected chi connectivity index (χ1v) is 8.68. The fourth-order valence-corrected chi connectivity index (χ4v) is 3.78. The largest absolute Gasteiger partial charge is 0.495 e. The van der Waals surface area contributed by atoms with Crippen molar-refractivity contribution in [1.29, 1.82) is 0 Å². The molecule has 23 heavy (non-hydrogen) atoms. The van der Waals surface area contributed by atoms with Gasteiger partial charge in [-0.1, -0.05) is 11.6 Å². The van der Waals surface area contributed by atoms with Gasteiger partial charge in [-0.2, -0.15) is 0 Å². The van der Waals surface area contributed by atoms with Gasteiger partial charge >= 0.3 is 0 Å². The van der Waals surface area contributed by atoms with Gasteiger partial charge in [0.25, 0.3) is 5.91 Å². The molecule has 2 heterocycles. The number of nitrogens with one attached hydrogen (secondary N) is 2. The van der Waals surface area contributed by atoms with Gasteiger partial charge in [0.1, 0.15) is 5.75 Å². The molecule has 0 spiro atoms. The lowest BCUT2D eigenvalue weighted by molar-refractivity contribution is 0.102. The lowest BCUT2D eigenvalue weighted by Crippen LogP contribution is -2.26. The van der Waals surface area contributed by atoms with Crippen molar-refractivity contribution in [1.82, 2.24) is 10.3 Å². The first kappa shape index (κ1) is 16.2. The Morgan fingerprint density at radius 2 is 2.22 bits per heavy atom. The predicted molar refractivity (Wildman–Crippen MR) is 92.9 cm³/mol. The number of ether oxygens (including phenoxy) is 1. The molecule has 0 bridgehead atoms. The van der Waals surface area contributed by atoms with Gasteiger partial charge < -0.3 is 10.1 Å². The minimum absolute atomic E-state index is 0.217. The summed E-state index contributed by atoms with van der Waals surface area (Å²) in [6, 6.07) is 4.94. The van der Waals surface area contributed by atoms with E-state index < -0.39 is 0 Å². The van der Waals surface area contributed by atoms with Crippen molar-refractivity contribution in [2.75, 3.05) is 25.5 Å². The summed E-state index contributed by atoms with van der Waals surface area (Å²) in [4.78, 5) is 17.9. The first-order valence-electron chi connectivity index (χ1n) is 7.48. The van der Waals surface area contributed by atoms with Crippen molar-refractivity contribution in [3.63, 3.8) is 0 Å². The van der Waals surface area contributed by atoms with E-state index in [0.29, 0.717) is 27.4 Å². The maximum atomic E-state index is 12.3. The highest BCUT2D eigenvalue weighted by atomic mass is 35.5. The molecule has 2 N–H and O–H groups in total. The average molecular weight is 352 g/mol. The van der Waals surface area contributed by atoms with E-state index in [2.05, 4.69) is 15.6 Å². The Hall–Kier alpha value is -1.63. The molecule has 1 saturated heterocycles. The molecule has 0 unspecified atom stereocenters. The van der Waals surface area contributed by atoms with Crippen LogP contribution in [0.3, 0.4) is 0 Å². The lowest BCUT2D eigenvalue weighted by Gasteiger charge is -2.20. The van der Waals surface area contributed by atoms with Crippen molar-refractivity contribution in [3.05, 3.63) is 39.9 Å². The van der Waals surface area contributed by atoms with E-state index in [1.165, 1.54) is 12.0 Å². The molecule has 0 atom stereocenters. The van der Waals surface area contributed by atoms with Crippen LogP contribution in [0.2, 0.25) is 5.02 Å². The molecule has 0 radical (unpaired) electrons. The summed E-state index contributed by atoms with van der Waals surface area (Å²) in [6.07, 6.45) is 4.10. The Morgan fingerprint density at radius 1 is 1.43 bits per heavy atom. The SMILES string of the molecule is COc1cc(C(=O)Nc2ncc(C3CCNCC3)s2)ccc1Cl. The van der Waals surface area contributed by atoms with E-state index in [0.717, 1.165) is 25.9 Å². The van der Waals surface area contributed by atoms with Crippen molar-refractivity contribution in [2.45, 2.75) is 18.8 Å². The number of carbonyl (C=O) groups excluding carboxylic acids is 1. The molecule has 1 aliphatic heterocycles. The van der Waals surface area contributed by atoms with Crippen LogP contribution >= 0.6 is 22.9 Å². The third-order valence-electron chi connectivity index (χ3n) is 3.90. The second-order valence-corrected chi connectivity index (χ2v) is 6.86. The maximum absolute atomic E-state index is 12.3. The Labute approximate surface area is 144 Å². The van der Waals surface area contributed by atoms with Crippen molar-refractivity contribution < 1.29 is 9.53 Å². The number of hydrogen-bond acceptors (Lipinski definition) is 5. The normalized spacial score (nSPS) is 15.4. The van der Waals surface area contributed by atoms with Gasteiger partial charge in [0.2, 0.25) is 0 Å². The predicted octanol–water partition coefficient (Wildman–Crippen LogP) is 3.52. The monoisotopic (exact) mass is 351 g/mol. The molecule has 3 rings (SSSR count). The molecule has 1 amide bonds. The second kappa shape index (κ2) is 7.29. The summed E-state index contributed by atoms with van der Waals surface area (Å²) in [5.41, 5.74) is 0.491. The van der Waals surface area contributed by atoms with E-state index in [-0.39, 0.29) is 5.91 Å². The highest BCUT2D eigenvalue weighted by Gasteiger charge is 2.18. The van der Waals surface area contributed by atoms with E-state index in [9.17, 15) is 4.79 Å². The number of thiazole rings is 1. The molecule has 1 aromatic heterocycles. The van der Waals surface area contributed by atoms with E-state index in [1.807, 2.05) is 6.20 Å². The Kier molecular flexibility index (Phi) is 5.15. The molecule has 2 aromatic rings. The van der Waals surface area contributed by atoms with Crippen LogP contribution in [0.15, 0.2) is 24.4 Å². The Bertz CT molecular complexity index is 698. The zero-order valence-corrected chi connectivity index (χ0v) is 14.3. The van der Waals surface area contributed by atoms with Crippen molar-refractivity contribution in [2.24, 2.45) is 0 Å². The fraction of sp³-hybridized carbons (Fsp3) is 0.375. The summed E-state index contributed by atoms with van der Waals surface area (Å²) in [7, 11) is 1.52. The summed E-state index contributed by atoms with van der Waals surface area (Å²) in [5.74, 6) is 0.801. The number of hydrogen-bond donors (Lipinski definition) is 2. The number of rotatable bonds is 4. The molecular formula is C16H18ClN3O2S. The van der Waals surface area contributed by atoms with Gasteiger partial charge in [0.05, 0.1) is 12.1 Å². The molecule has 0 saturated carbocycles. The minimum atomic E-state index is -0.217. The quantitative estimate of drug-likeness (QED) is 0.884. The molecule has 5 nitrogen and oxygen atoms in total. The summed E-state index contributed by atoms with van der Waals surface area (Å²) >= 11 is 7.53. The number of carbonyl (C=O) groups is 1. The van der Waals surface area contributed by atoms with Crippen molar-refractivity contribution in [3.8, 4) is 5.75 Å². The zero-order valence-electron chi connectivity index (χ0n) is 12.8. The number of nitrogens with zero attached hydrogens (tertiary/aromatic N) is 1.